The molecule has 1 N–H and O–H groups in total. The van der Waals surface area contributed by atoms with E-state index in [-0.39, 0.29) is 61.0 Å². The van der Waals surface area contributed by atoms with Gasteiger partial charge in [-0.1, -0.05) is 0 Å². The summed E-state index contributed by atoms with van der Waals surface area (Å²) in [5.74, 6) is -0.730. The zero-order chi connectivity index (χ0) is 20.0. The van der Waals surface area contributed by atoms with Gasteiger partial charge in [-0.2, -0.15) is 0 Å². The van der Waals surface area contributed by atoms with Crippen LogP contribution in [0.4, 0.5) is 0 Å². The van der Waals surface area contributed by atoms with Gasteiger partial charge in [0.15, 0.2) is 0 Å². The predicted octanol–water partition coefficient (Wildman–Crippen LogP) is 0.694. The third-order valence-electron chi connectivity index (χ3n) is 5.19. The van der Waals surface area contributed by atoms with Crippen LogP contribution in [0.15, 0.2) is 0 Å². The number of nitrogens with one attached hydrogen (secondary N) is 1. The number of esters is 1. The molecule has 8 nitrogen and oxygen atoms in total. The van der Waals surface area contributed by atoms with Crippen molar-refractivity contribution in [1.82, 2.24) is 15.1 Å². The van der Waals surface area contributed by atoms with E-state index in [4.69, 9.17) is 4.74 Å². The molecule has 1 atom stereocenters. The number of hydrogen-bond donors (Lipinski definition) is 1. The Labute approximate surface area is 160 Å². The van der Waals surface area contributed by atoms with Gasteiger partial charge < -0.3 is 19.9 Å². The first kappa shape index (κ1) is 21.2. The lowest BCUT2D eigenvalue weighted by Gasteiger charge is -2.33. The molecule has 2 aliphatic heterocycles. The van der Waals surface area contributed by atoms with E-state index >= 15 is 0 Å². The number of likely N-dealkylation sites (tertiary alicyclic amines) is 2. The quantitative estimate of drug-likeness (QED) is 0.655. The van der Waals surface area contributed by atoms with Crippen molar-refractivity contribution in [3.63, 3.8) is 0 Å². The number of ether oxygens (including phenoxy) is 1. The van der Waals surface area contributed by atoms with Crippen LogP contribution < -0.4 is 5.32 Å². The van der Waals surface area contributed by atoms with E-state index in [0.717, 1.165) is 0 Å². The zero-order valence-electron chi connectivity index (χ0n) is 16.5. The molecule has 27 heavy (non-hydrogen) atoms. The van der Waals surface area contributed by atoms with Crippen LogP contribution in [0.3, 0.4) is 0 Å². The minimum Gasteiger partial charge on any atom is -0.466 e. The Morgan fingerprint density at radius 1 is 1.19 bits per heavy atom. The van der Waals surface area contributed by atoms with E-state index in [2.05, 4.69) is 5.32 Å². The summed E-state index contributed by atoms with van der Waals surface area (Å²) in [4.78, 5) is 51.4. The molecule has 0 saturated carbocycles. The first-order valence-corrected chi connectivity index (χ1v) is 9.85. The highest BCUT2D eigenvalue weighted by molar-refractivity contribution is 5.89. The SMILES string of the molecule is CCOC(=O)CCC(=O)N1CCC(NC(=O)C2CC(=O)N(C(C)C)C2)CC1. The van der Waals surface area contributed by atoms with Crippen LogP contribution in [0, 0.1) is 5.92 Å². The highest BCUT2D eigenvalue weighted by Gasteiger charge is 2.36. The summed E-state index contributed by atoms with van der Waals surface area (Å²) in [7, 11) is 0. The molecule has 0 bridgehead atoms. The van der Waals surface area contributed by atoms with Gasteiger partial charge in [0.1, 0.15) is 0 Å². The number of rotatable bonds is 7. The maximum absolute atomic E-state index is 12.5. The summed E-state index contributed by atoms with van der Waals surface area (Å²) in [5, 5.41) is 3.04. The Balaban J connectivity index is 1.71. The van der Waals surface area contributed by atoms with Crippen molar-refractivity contribution in [1.29, 1.82) is 0 Å². The highest BCUT2D eigenvalue weighted by Crippen LogP contribution is 2.21. The van der Waals surface area contributed by atoms with Crippen molar-refractivity contribution >= 4 is 23.7 Å². The van der Waals surface area contributed by atoms with Crippen molar-refractivity contribution in [2.24, 2.45) is 5.92 Å². The third kappa shape index (κ3) is 5.94. The smallest absolute Gasteiger partial charge is 0.306 e. The second kappa shape index (κ2) is 9.71. The second-order valence-electron chi connectivity index (χ2n) is 7.51. The van der Waals surface area contributed by atoms with Crippen LogP contribution in [0.25, 0.3) is 0 Å². The van der Waals surface area contributed by atoms with Crippen molar-refractivity contribution in [3.8, 4) is 0 Å². The Kier molecular flexibility index (Phi) is 7.62. The molecule has 0 aromatic rings. The molecule has 0 aliphatic carbocycles. The van der Waals surface area contributed by atoms with Gasteiger partial charge in [-0.3, -0.25) is 19.2 Å². The predicted molar refractivity (Wildman–Crippen MR) is 98.6 cm³/mol. The molecule has 8 heteroatoms. The van der Waals surface area contributed by atoms with Crippen molar-refractivity contribution in [2.75, 3.05) is 26.2 Å². The van der Waals surface area contributed by atoms with Gasteiger partial charge in [0.05, 0.1) is 18.9 Å². The molecule has 2 saturated heterocycles. The Morgan fingerprint density at radius 2 is 1.85 bits per heavy atom. The second-order valence-corrected chi connectivity index (χ2v) is 7.51. The average molecular weight is 381 g/mol. The molecule has 1 unspecified atom stereocenters. The van der Waals surface area contributed by atoms with Gasteiger partial charge in [0.25, 0.3) is 0 Å². The molecule has 0 aromatic carbocycles. The monoisotopic (exact) mass is 381 g/mol. The van der Waals surface area contributed by atoms with Crippen molar-refractivity contribution in [3.05, 3.63) is 0 Å². The summed E-state index contributed by atoms with van der Waals surface area (Å²) >= 11 is 0. The highest BCUT2D eigenvalue weighted by atomic mass is 16.5. The molecule has 2 fully saturated rings. The van der Waals surface area contributed by atoms with Crippen LogP contribution in [0.1, 0.15) is 52.9 Å². The fourth-order valence-electron chi connectivity index (χ4n) is 3.60. The zero-order valence-corrected chi connectivity index (χ0v) is 16.5. The summed E-state index contributed by atoms with van der Waals surface area (Å²) < 4.78 is 4.83. The molecule has 2 heterocycles. The number of amides is 3. The first-order valence-electron chi connectivity index (χ1n) is 9.85. The van der Waals surface area contributed by atoms with Gasteiger partial charge in [-0.05, 0) is 33.6 Å². The minimum atomic E-state index is -0.352. The van der Waals surface area contributed by atoms with Crippen LogP contribution in [0.2, 0.25) is 0 Å². The van der Waals surface area contributed by atoms with E-state index < -0.39 is 0 Å². The lowest BCUT2D eigenvalue weighted by atomic mass is 10.0. The molecule has 3 amide bonds. The van der Waals surface area contributed by atoms with Gasteiger partial charge in [0.2, 0.25) is 17.7 Å². The molecular weight excluding hydrogens is 350 g/mol. The summed E-state index contributed by atoms with van der Waals surface area (Å²) in [6, 6.07) is 0.133. The maximum Gasteiger partial charge on any atom is 0.306 e. The van der Waals surface area contributed by atoms with Gasteiger partial charge in [-0.15, -0.1) is 0 Å². The first-order chi connectivity index (χ1) is 12.8. The molecule has 152 valence electrons. The third-order valence-corrected chi connectivity index (χ3v) is 5.19. The molecule has 0 aromatic heterocycles. The van der Waals surface area contributed by atoms with Crippen molar-refractivity contribution < 1.29 is 23.9 Å². The lowest BCUT2D eigenvalue weighted by Crippen LogP contribution is -2.48. The fourth-order valence-corrected chi connectivity index (χ4v) is 3.60. The van der Waals surface area contributed by atoms with E-state index in [9.17, 15) is 19.2 Å². The fraction of sp³-hybridized carbons (Fsp3) is 0.789. The number of piperidine rings is 1. The maximum atomic E-state index is 12.5. The van der Waals surface area contributed by atoms with Crippen molar-refractivity contribution in [2.45, 2.75) is 65.0 Å². The molecule has 2 aliphatic rings. The van der Waals surface area contributed by atoms with E-state index in [1.165, 1.54) is 0 Å². The largest absolute Gasteiger partial charge is 0.466 e. The minimum absolute atomic E-state index is 0.0230. The van der Waals surface area contributed by atoms with Crippen LogP contribution in [0.5, 0.6) is 0 Å². The molecule has 2 rings (SSSR count). The molecule has 0 radical (unpaired) electrons. The standard InChI is InChI=1S/C19H31N3O5/c1-4-27-18(25)6-5-16(23)21-9-7-15(8-10-21)20-19(26)14-11-17(24)22(12-14)13(2)3/h13-15H,4-12H2,1-3H3,(H,20,26). The summed E-state index contributed by atoms with van der Waals surface area (Å²) in [5.41, 5.74) is 0. The number of nitrogens with zero attached hydrogens (tertiary/aromatic N) is 2. The van der Waals surface area contributed by atoms with Crippen LogP contribution in [-0.2, 0) is 23.9 Å². The molecule has 0 spiro atoms. The Hall–Kier alpha value is -2.12. The van der Waals surface area contributed by atoms with Gasteiger partial charge in [-0.25, -0.2) is 0 Å². The summed E-state index contributed by atoms with van der Waals surface area (Å²) in [6.45, 7) is 7.57. The Bertz CT molecular complexity index is 570. The lowest BCUT2D eigenvalue weighted by molar-refractivity contribution is -0.146. The number of carbonyl (C=O) groups is 4. The van der Waals surface area contributed by atoms with E-state index in [0.29, 0.717) is 39.1 Å². The topological polar surface area (TPSA) is 96.0 Å². The molecular formula is C19H31N3O5. The normalized spacial score (nSPS) is 20.9. The number of hydrogen-bond acceptors (Lipinski definition) is 5. The summed E-state index contributed by atoms with van der Waals surface area (Å²) in [6.07, 6.45) is 1.91. The van der Waals surface area contributed by atoms with E-state index in [1.807, 2.05) is 13.8 Å². The van der Waals surface area contributed by atoms with Gasteiger partial charge in [0, 0.05) is 44.6 Å². The van der Waals surface area contributed by atoms with Crippen LogP contribution >= 0.6 is 0 Å². The van der Waals surface area contributed by atoms with Crippen LogP contribution in [-0.4, -0.2) is 71.8 Å². The average Bonchev–Trinajstić information content (AvgIpc) is 3.03. The van der Waals surface area contributed by atoms with Gasteiger partial charge >= 0.3 is 5.97 Å². The van der Waals surface area contributed by atoms with E-state index in [1.54, 1.807) is 16.7 Å². The Morgan fingerprint density at radius 3 is 2.41 bits per heavy atom. The number of carbonyl (C=O) groups excluding carboxylic acids is 4.